The molecule has 10 heteroatoms. The number of hydrogen-bond acceptors (Lipinski definition) is 6. The number of esters is 1. The zero-order valence-corrected chi connectivity index (χ0v) is 16.3. The average molecular weight is 425 g/mol. The van der Waals surface area contributed by atoms with Gasteiger partial charge in [0.05, 0.1) is 24.2 Å². The maximum absolute atomic E-state index is 12.7. The number of nitrogens with zero attached hydrogens (tertiary/aromatic N) is 3. The summed E-state index contributed by atoms with van der Waals surface area (Å²) in [5, 5.41) is 8.72. The predicted molar refractivity (Wildman–Crippen MR) is 100 cm³/mol. The van der Waals surface area contributed by atoms with E-state index in [1.54, 1.807) is 24.5 Å². The van der Waals surface area contributed by atoms with E-state index in [9.17, 15) is 18.0 Å². The molecule has 0 N–H and O–H groups in total. The first-order chi connectivity index (χ1) is 13.9. The van der Waals surface area contributed by atoms with E-state index in [4.69, 9.17) is 9.15 Å². The molecule has 0 saturated heterocycles. The molecule has 0 atom stereocenters. The molecule has 6 nitrogen and oxygen atoms in total. The molecule has 3 aromatic rings. The van der Waals surface area contributed by atoms with Crippen LogP contribution in [0, 0.1) is 0 Å². The molecule has 0 unspecified atom stereocenters. The van der Waals surface area contributed by atoms with Gasteiger partial charge in [0.15, 0.2) is 16.7 Å². The minimum absolute atomic E-state index is 0.00117. The summed E-state index contributed by atoms with van der Waals surface area (Å²) in [6, 6.07) is 8.49. The molecule has 0 amide bonds. The Kier molecular flexibility index (Phi) is 6.63. The molecule has 0 fully saturated rings. The first kappa shape index (κ1) is 21.0. The zero-order chi connectivity index (χ0) is 20.9. The highest BCUT2D eigenvalue weighted by Gasteiger charge is 2.30. The number of ether oxygens (including phenoxy) is 1. The molecule has 154 valence electrons. The van der Waals surface area contributed by atoms with E-state index in [2.05, 4.69) is 10.2 Å². The third-order valence-electron chi connectivity index (χ3n) is 4.00. The van der Waals surface area contributed by atoms with Crippen LogP contribution < -0.4 is 0 Å². The van der Waals surface area contributed by atoms with Crippen molar-refractivity contribution in [3.05, 3.63) is 53.8 Å². The fourth-order valence-corrected chi connectivity index (χ4v) is 3.42. The van der Waals surface area contributed by atoms with Crippen LogP contribution in [0.3, 0.4) is 0 Å². The quantitative estimate of drug-likeness (QED) is 0.392. The molecule has 0 saturated carbocycles. The van der Waals surface area contributed by atoms with Gasteiger partial charge in [0.25, 0.3) is 0 Å². The minimum Gasteiger partial charge on any atom is -0.465 e. The van der Waals surface area contributed by atoms with Crippen molar-refractivity contribution in [1.29, 1.82) is 0 Å². The number of carbonyl (C=O) groups is 1. The number of furan rings is 1. The molecule has 0 radical (unpaired) electrons. The first-order valence-electron chi connectivity index (χ1n) is 8.80. The van der Waals surface area contributed by atoms with Gasteiger partial charge in [-0.3, -0.25) is 9.36 Å². The highest BCUT2D eigenvalue weighted by atomic mass is 32.2. The van der Waals surface area contributed by atoms with Crippen LogP contribution in [0.25, 0.3) is 11.6 Å². The van der Waals surface area contributed by atoms with Crippen LogP contribution in [0.2, 0.25) is 0 Å². The third kappa shape index (κ3) is 5.41. The van der Waals surface area contributed by atoms with E-state index >= 15 is 0 Å². The molecule has 0 spiro atoms. The molecular weight excluding hydrogens is 407 g/mol. The van der Waals surface area contributed by atoms with Crippen LogP contribution in [0.15, 0.2) is 52.2 Å². The highest BCUT2D eigenvalue weighted by Crippen LogP contribution is 2.29. The average Bonchev–Trinajstić information content (AvgIpc) is 3.35. The van der Waals surface area contributed by atoms with Crippen molar-refractivity contribution >= 4 is 17.7 Å². The normalized spacial score (nSPS) is 11.6. The highest BCUT2D eigenvalue weighted by molar-refractivity contribution is 7.99. The second kappa shape index (κ2) is 9.17. The van der Waals surface area contributed by atoms with Crippen LogP contribution in [0.1, 0.15) is 18.1 Å². The van der Waals surface area contributed by atoms with E-state index in [-0.39, 0.29) is 18.8 Å². The van der Waals surface area contributed by atoms with Gasteiger partial charge in [0.2, 0.25) is 0 Å². The number of alkyl halides is 3. The van der Waals surface area contributed by atoms with E-state index in [1.165, 1.54) is 17.8 Å². The van der Waals surface area contributed by atoms with Crippen molar-refractivity contribution in [2.45, 2.75) is 31.2 Å². The summed E-state index contributed by atoms with van der Waals surface area (Å²) in [4.78, 5) is 12.0. The molecule has 1 aromatic carbocycles. The molecule has 2 heterocycles. The predicted octanol–water partition coefficient (Wildman–Crippen LogP) is 4.45. The molecular formula is C19H18F3N3O3S. The third-order valence-corrected chi connectivity index (χ3v) is 4.94. The van der Waals surface area contributed by atoms with Crippen molar-refractivity contribution in [1.82, 2.24) is 14.8 Å². The number of halogens is 3. The lowest BCUT2D eigenvalue weighted by molar-refractivity contribution is -0.140. The van der Waals surface area contributed by atoms with Crippen LogP contribution in [-0.2, 0) is 28.7 Å². The van der Waals surface area contributed by atoms with Gasteiger partial charge >= 0.3 is 12.1 Å². The first-order valence-corrected chi connectivity index (χ1v) is 9.78. The number of hydrogen-bond donors (Lipinski definition) is 0. The van der Waals surface area contributed by atoms with E-state index in [1.807, 2.05) is 11.5 Å². The number of carbonyl (C=O) groups excluding carboxylic acids is 1. The van der Waals surface area contributed by atoms with Gasteiger partial charge < -0.3 is 9.15 Å². The van der Waals surface area contributed by atoms with Crippen molar-refractivity contribution in [2.75, 3.05) is 12.4 Å². The van der Waals surface area contributed by atoms with Gasteiger partial charge in [-0.1, -0.05) is 30.0 Å². The monoisotopic (exact) mass is 425 g/mol. The Labute approximate surface area is 169 Å². The summed E-state index contributed by atoms with van der Waals surface area (Å²) < 4.78 is 50.5. The lowest BCUT2D eigenvalue weighted by atomic mass is 10.1. The Bertz CT molecular complexity index is 955. The van der Waals surface area contributed by atoms with Crippen LogP contribution in [0.4, 0.5) is 13.2 Å². The van der Waals surface area contributed by atoms with Gasteiger partial charge in [-0.2, -0.15) is 13.2 Å². The summed E-state index contributed by atoms with van der Waals surface area (Å²) >= 11 is 1.17. The number of rotatable bonds is 8. The lowest BCUT2D eigenvalue weighted by Crippen LogP contribution is -2.11. The fraction of sp³-hybridized carbons (Fsp3) is 0.316. The Balaban J connectivity index is 1.50. The Morgan fingerprint density at radius 2 is 2.07 bits per heavy atom. The van der Waals surface area contributed by atoms with Crippen molar-refractivity contribution < 1.29 is 27.1 Å². The number of thioether (sulfide) groups is 1. The summed E-state index contributed by atoms with van der Waals surface area (Å²) in [7, 11) is 0. The van der Waals surface area contributed by atoms with E-state index < -0.39 is 17.7 Å². The topological polar surface area (TPSA) is 70.2 Å². The lowest BCUT2D eigenvalue weighted by Gasteiger charge is -2.09. The number of benzene rings is 1. The fourth-order valence-electron chi connectivity index (χ4n) is 2.62. The number of aromatic nitrogens is 3. The Hall–Kier alpha value is -2.75. The van der Waals surface area contributed by atoms with Gasteiger partial charge in [-0.15, -0.1) is 10.2 Å². The molecule has 2 aromatic heterocycles. The molecule has 29 heavy (non-hydrogen) atoms. The molecule has 0 aliphatic heterocycles. The smallest absolute Gasteiger partial charge is 0.416 e. The van der Waals surface area contributed by atoms with E-state index in [0.717, 1.165) is 12.1 Å². The van der Waals surface area contributed by atoms with Crippen LogP contribution >= 0.6 is 11.8 Å². The summed E-state index contributed by atoms with van der Waals surface area (Å²) in [5.74, 6) is 0.679. The van der Waals surface area contributed by atoms with E-state index in [0.29, 0.717) is 28.8 Å². The minimum atomic E-state index is -4.40. The zero-order valence-electron chi connectivity index (χ0n) is 15.5. The largest absolute Gasteiger partial charge is 0.465 e. The maximum atomic E-state index is 12.7. The Morgan fingerprint density at radius 3 is 2.76 bits per heavy atom. The van der Waals surface area contributed by atoms with Crippen LogP contribution in [0.5, 0.6) is 0 Å². The SMILES string of the molecule is CCn1c(SCC(=O)OCCc2cccc(C(F)(F)F)c2)nnc1-c1ccco1. The molecule has 0 bridgehead atoms. The van der Waals surface area contributed by atoms with Gasteiger partial charge in [0.1, 0.15) is 0 Å². The van der Waals surface area contributed by atoms with Crippen LogP contribution in [-0.4, -0.2) is 33.1 Å². The molecule has 3 rings (SSSR count). The van der Waals surface area contributed by atoms with Gasteiger partial charge in [-0.25, -0.2) is 0 Å². The summed E-state index contributed by atoms with van der Waals surface area (Å²) in [6.45, 7) is 2.52. The van der Waals surface area contributed by atoms with Crippen molar-refractivity contribution in [3.63, 3.8) is 0 Å². The standard InChI is InChI=1S/C19H18F3N3O3S/c1-2-25-17(15-7-4-9-27-15)23-24-18(25)29-12-16(26)28-10-8-13-5-3-6-14(11-13)19(20,21)22/h3-7,9,11H,2,8,10,12H2,1H3. The summed E-state index contributed by atoms with van der Waals surface area (Å²) in [6.07, 6.45) is -2.65. The summed E-state index contributed by atoms with van der Waals surface area (Å²) in [5.41, 5.74) is -0.266. The second-order valence-electron chi connectivity index (χ2n) is 5.99. The maximum Gasteiger partial charge on any atom is 0.416 e. The molecule has 0 aliphatic carbocycles. The Morgan fingerprint density at radius 1 is 1.24 bits per heavy atom. The van der Waals surface area contributed by atoms with Gasteiger partial charge in [0, 0.05) is 13.0 Å². The van der Waals surface area contributed by atoms with Crippen molar-refractivity contribution in [2.24, 2.45) is 0 Å². The molecule has 0 aliphatic rings. The second-order valence-corrected chi connectivity index (χ2v) is 6.93. The van der Waals surface area contributed by atoms with Gasteiger partial charge in [-0.05, 0) is 30.7 Å². The van der Waals surface area contributed by atoms with Crippen molar-refractivity contribution in [3.8, 4) is 11.6 Å².